The molecule has 1 aliphatic heterocycles. The number of rotatable bonds is 6. The number of amides is 2. The van der Waals surface area contributed by atoms with Gasteiger partial charge in [0, 0.05) is 4.88 Å². The molecule has 1 aromatic heterocycles. The van der Waals surface area contributed by atoms with E-state index in [9.17, 15) is 9.59 Å². The van der Waals surface area contributed by atoms with Gasteiger partial charge in [-0.25, -0.2) is 4.90 Å². The number of thiophene rings is 1. The van der Waals surface area contributed by atoms with Crippen molar-refractivity contribution in [1.29, 1.82) is 0 Å². The summed E-state index contributed by atoms with van der Waals surface area (Å²) < 4.78 is 5.69. The van der Waals surface area contributed by atoms with Crippen molar-refractivity contribution in [2.45, 2.75) is 20.8 Å². The smallest absolute Gasteiger partial charge is 0.282 e. The molecule has 0 spiro atoms. The first-order valence-corrected chi connectivity index (χ1v) is 10.6. The van der Waals surface area contributed by atoms with Gasteiger partial charge in [-0.3, -0.25) is 9.59 Å². The van der Waals surface area contributed by atoms with Crippen molar-refractivity contribution in [2.75, 3.05) is 16.8 Å². The molecule has 1 N–H and O–H groups in total. The van der Waals surface area contributed by atoms with Gasteiger partial charge in [0.1, 0.15) is 11.4 Å². The van der Waals surface area contributed by atoms with E-state index in [2.05, 4.69) is 5.32 Å². The molecule has 2 aromatic carbocycles. The Balaban J connectivity index is 1.81. The van der Waals surface area contributed by atoms with Gasteiger partial charge in [0.2, 0.25) is 0 Å². The van der Waals surface area contributed by atoms with Crippen LogP contribution < -0.4 is 15.0 Å². The van der Waals surface area contributed by atoms with E-state index in [1.807, 2.05) is 80.7 Å². The molecule has 0 bridgehead atoms. The van der Waals surface area contributed by atoms with Crippen molar-refractivity contribution >= 4 is 40.1 Å². The highest BCUT2D eigenvalue weighted by Crippen LogP contribution is 2.37. The van der Waals surface area contributed by atoms with E-state index in [1.165, 1.54) is 16.2 Å². The number of ether oxygens (including phenoxy) is 1. The molecular weight excluding hydrogens is 396 g/mol. The molecule has 0 saturated carbocycles. The van der Waals surface area contributed by atoms with Crippen LogP contribution in [0.4, 0.5) is 11.4 Å². The highest BCUT2D eigenvalue weighted by atomic mass is 32.1. The minimum absolute atomic E-state index is 0.258. The Morgan fingerprint density at radius 3 is 2.37 bits per heavy atom. The number of carbonyl (C=O) groups is 2. The zero-order chi connectivity index (χ0) is 21.3. The Bertz CT molecular complexity index is 1130. The molecule has 0 saturated heterocycles. The fourth-order valence-corrected chi connectivity index (χ4v) is 4.36. The number of imide groups is 1. The van der Waals surface area contributed by atoms with Gasteiger partial charge in [-0.15, -0.1) is 11.3 Å². The molecule has 0 aliphatic carbocycles. The monoisotopic (exact) mass is 418 g/mol. The van der Waals surface area contributed by atoms with Crippen molar-refractivity contribution < 1.29 is 14.3 Å². The Labute approximate surface area is 179 Å². The van der Waals surface area contributed by atoms with Crippen LogP contribution in [0.5, 0.6) is 5.75 Å². The van der Waals surface area contributed by atoms with Crippen molar-refractivity contribution in [3.63, 3.8) is 0 Å². The van der Waals surface area contributed by atoms with Gasteiger partial charge < -0.3 is 10.1 Å². The molecule has 0 fully saturated rings. The maximum Gasteiger partial charge on any atom is 0.282 e. The molecule has 1 aliphatic rings. The van der Waals surface area contributed by atoms with Crippen molar-refractivity contribution in [3.05, 3.63) is 81.7 Å². The van der Waals surface area contributed by atoms with Crippen molar-refractivity contribution in [3.8, 4) is 5.75 Å². The lowest BCUT2D eigenvalue weighted by Gasteiger charge is -2.17. The highest BCUT2D eigenvalue weighted by molar-refractivity contribution is 7.11. The highest BCUT2D eigenvalue weighted by Gasteiger charge is 2.41. The Morgan fingerprint density at radius 1 is 0.967 bits per heavy atom. The van der Waals surface area contributed by atoms with Crippen LogP contribution in [0.2, 0.25) is 0 Å². The van der Waals surface area contributed by atoms with Crippen LogP contribution in [0.25, 0.3) is 5.57 Å². The fourth-order valence-electron chi connectivity index (χ4n) is 3.60. The number of nitrogens with one attached hydrogen (secondary N) is 1. The molecule has 6 heteroatoms. The van der Waals surface area contributed by atoms with E-state index in [4.69, 9.17) is 4.74 Å². The van der Waals surface area contributed by atoms with Gasteiger partial charge >= 0.3 is 0 Å². The summed E-state index contributed by atoms with van der Waals surface area (Å²) in [6, 6.07) is 16.8. The first kappa shape index (κ1) is 19.9. The predicted molar refractivity (Wildman–Crippen MR) is 121 cm³/mol. The Kier molecular flexibility index (Phi) is 5.42. The number of para-hydroxylation sites is 2. The predicted octanol–water partition coefficient (Wildman–Crippen LogP) is 5.16. The summed E-state index contributed by atoms with van der Waals surface area (Å²) in [5.74, 6) is -0.0772. The van der Waals surface area contributed by atoms with E-state index in [0.29, 0.717) is 29.3 Å². The van der Waals surface area contributed by atoms with Crippen LogP contribution in [0.1, 0.15) is 22.9 Å². The Hall–Kier alpha value is -3.38. The molecule has 2 amide bonds. The number of aryl methyl sites for hydroxylation is 2. The first-order chi connectivity index (χ1) is 14.5. The van der Waals surface area contributed by atoms with Crippen LogP contribution in [0, 0.1) is 13.8 Å². The maximum absolute atomic E-state index is 13.5. The molecule has 2 heterocycles. The number of hydrogen-bond donors (Lipinski definition) is 1. The third kappa shape index (κ3) is 3.62. The molecule has 5 nitrogen and oxygen atoms in total. The second kappa shape index (κ2) is 8.16. The maximum atomic E-state index is 13.5. The summed E-state index contributed by atoms with van der Waals surface area (Å²) in [5, 5.41) is 5.09. The van der Waals surface area contributed by atoms with Gasteiger partial charge in [-0.05, 0) is 67.6 Å². The van der Waals surface area contributed by atoms with Gasteiger partial charge in [0.15, 0.2) is 0 Å². The van der Waals surface area contributed by atoms with Gasteiger partial charge in [-0.2, -0.15) is 0 Å². The standard InChI is InChI=1S/C24H22N2O3S/c1-4-29-19-9-6-5-8-18(19)25-22-21(20-10-7-11-30-20)23(27)26(24(22)28)17-13-15(2)12-16(3)14-17/h5-14,25H,4H2,1-3H3. The quantitative estimate of drug-likeness (QED) is 0.562. The van der Waals surface area contributed by atoms with Gasteiger partial charge in [0.25, 0.3) is 11.8 Å². The molecule has 152 valence electrons. The van der Waals surface area contributed by atoms with E-state index >= 15 is 0 Å². The summed E-state index contributed by atoms with van der Waals surface area (Å²) in [6.45, 7) is 6.30. The molecule has 3 aromatic rings. The fraction of sp³-hybridized carbons (Fsp3) is 0.167. The topological polar surface area (TPSA) is 58.6 Å². The van der Waals surface area contributed by atoms with Gasteiger partial charge in [-0.1, -0.05) is 24.3 Å². The second-order valence-corrected chi connectivity index (χ2v) is 8.02. The SMILES string of the molecule is CCOc1ccccc1NC1=C(c2cccs2)C(=O)N(c2cc(C)cc(C)c2)C1=O. The van der Waals surface area contributed by atoms with Crippen LogP contribution in [-0.2, 0) is 9.59 Å². The minimum Gasteiger partial charge on any atom is -0.492 e. The van der Waals surface area contributed by atoms with E-state index in [0.717, 1.165) is 16.0 Å². The number of carbonyl (C=O) groups excluding carboxylic acids is 2. The number of anilines is 2. The van der Waals surface area contributed by atoms with E-state index in [1.54, 1.807) is 0 Å². The molecular formula is C24H22N2O3S. The third-order valence-corrected chi connectivity index (χ3v) is 5.65. The Morgan fingerprint density at radius 2 is 1.70 bits per heavy atom. The summed E-state index contributed by atoms with van der Waals surface area (Å²) in [6.07, 6.45) is 0. The lowest BCUT2D eigenvalue weighted by Crippen LogP contribution is -2.32. The van der Waals surface area contributed by atoms with Crippen LogP contribution >= 0.6 is 11.3 Å². The summed E-state index contributed by atoms with van der Waals surface area (Å²) >= 11 is 1.43. The molecule has 0 atom stereocenters. The van der Waals surface area contributed by atoms with Gasteiger partial charge in [0.05, 0.1) is 23.6 Å². The number of benzene rings is 2. The third-order valence-electron chi connectivity index (χ3n) is 4.76. The van der Waals surface area contributed by atoms with E-state index in [-0.39, 0.29) is 17.5 Å². The minimum atomic E-state index is -0.375. The number of hydrogen-bond acceptors (Lipinski definition) is 5. The molecule has 4 rings (SSSR count). The lowest BCUT2D eigenvalue weighted by atomic mass is 10.1. The summed E-state index contributed by atoms with van der Waals surface area (Å²) in [5.41, 5.74) is 3.84. The normalized spacial score (nSPS) is 13.9. The molecule has 30 heavy (non-hydrogen) atoms. The average Bonchev–Trinajstić information content (AvgIpc) is 3.30. The van der Waals surface area contributed by atoms with Crippen LogP contribution in [0.3, 0.4) is 0 Å². The molecule has 0 unspecified atom stereocenters. The zero-order valence-electron chi connectivity index (χ0n) is 17.1. The summed E-state index contributed by atoms with van der Waals surface area (Å²) in [4.78, 5) is 28.9. The van der Waals surface area contributed by atoms with Crippen LogP contribution in [0.15, 0.2) is 65.7 Å². The summed E-state index contributed by atoms with van der Waals surface area (Å²) in [7, 11) is 0. The zero-order valence-corrected chi connectivity index (χ0v) is 17.9. The number of nitrogens with zero attached hydrogens (tertiary/aromatic N) is 1. The van der Waals surface area contributed by atoms with Crippen molar-refractivity contribution in [1.82, 2.24) is 0 Å². The largest absolute Gasteiger partial charge is 0.492 e. The lowest BCUT2D eigenvalue weighted by molar-refractivity contribution is -0.120. The first-order valence-electron chi connectivity index (χ1n) is 9.73. The molecule has 0 radical (unpaired) electrons. The van der Waals surface area contributed by atoms with Crippen LogP contribution in [-0.4, -0.2) is 18.4 Å². The van der Waals surface area contributed by atoms with E-state index < -0.39 is 0 Å². The second-order valence-electron chi connectivity index (χ2n) is 7.07. The van der Waals surface area contributed by atoms with Crippen molar-refractivity contribution in [2.24, 2.45) is 0 Å². The average molecular weight is 419 g/mol.